The Morgan fingerprint density at radius 1 is 1.00 bits per heavy atom. The fourth-order valence-electron chi connectivity index (χ4n) is 4.76. The lowest BCUT2D eigenvalue weighted by molar-refractivity contribution is 0.146. The highest BCUT2D eigenvalue weighted by atomic mass is 16.5. The molecule has 2 N–H and O–H groups in total. The van der Waals surface area contributed by atoms with Gasteiger partial charge in [0.2, 0.25) is 0 Å². The molecule has 154 valence electrons. The second-order valence-electron chi connectivity index (χ2n) is 8.24. The molecule has 5 heteroatoms. The molecule has 0 bridgehead atoms. The maximum atomic E-state index is 5.35. The number of nitrogens with one attached hydrogen (secondary N) is 2. The van der Waals surface area contributed by atoms with E-state index in [0.29, 0.717) is 18.0 Å². The number of benzene rings is 2. The van der Waals surface area contributed by atoms with Crippen LogP contribution in [-0.2, 0) is 6.54 Å². The van der Waals surface area contributed by atoms with E-state index in [9.17, 15) is 0 Å². The summed E-state index contributed by atoms with van der Waals surface area (Å²) < 4.78 is 5.35. The first-order valence-corrected chi connectivity index (χ1v) is 10.7. The monoisotopic (exact) mass is 400 g/mol. The lowest BCUT2D eigenvalue weighted by Gasteiger charge is -2.36. The first kappa shape index (κ1) is 19.2. The Balaban J connectivity index is 1.29. The molecule has 3 heterocycles. The summed E-state index contributed by atoms with van der Waals surface area (Å²) in [4.78, 5) is 7.05. The first-order chi connectivity index (χ1) is 14.8. The maximum absolute atomic E-state index is 5.35. The minimum Gasteiger partial charge on any atom is -0.497 e. The number of hydrazine groups is 1. The zero-order valence-electron chi connectivity index (χ0n) is 17.3. The van der Waals surface area contributed by atoms with Crippen molar-refractivity contribution in [2.45, 2.75) is 25.0 Å². The molecular formula is C25H28N4O. The van der Waals surface area contributed by atoms with E-state index in [1.54, 1.807) is 7.11 Å². The Hall–Kier alpha value is -2.73. The Kier molecular flexibility index (Phi) is 5.49. The number of piperidine rings is 1. The molecule has 0 saturated carbocycles. The van der Waals surface area contributed by atoms with Crippen LogP contribution in [-0.4, -0.2) is 36.1 Å². The van der Waals surface area contributed by atoms with Gasteiger partial charge in [0.05, 0.1) is 18.8 Å². The summed E-state index contributed by atoms with van der Waals surface area (Å²) in [7, 11) is 1.70. The fourth-order valence-corrected chi connectivity index (χ4v) is 4.76. The van der Waals surface area contributed by atoms with Crippen molar-refractivity contribution in [2.24, 2.45) is 5.92 Å². The van der Waals surface area contributed by atoms with Crippen LogP contribution < -0.4 is 15.6 Å². The Bertz CT molecular complexity index is 976. The predicted octanol–water partition coefficient (Wildman–Crippen LogP) is 3.80. The van der Waals surface area contributed by atoms with E-state index >= 15 is 0 Å². The molecular weight excluding hydrogens is 372 g/mol. The van der Waals surface area contributed by atoms with E-state index in [0.717, 1.165) is 37.5 Å². The zero-order chi connectivity index (χ0) is 20.3. The average Bonchev–Trinajstić information content (AvgIpc) is 3.23. The maximum Gasteiger partial charge on any atom is 0.122 e. The van der Waals surface area contributed by atoms with Crippen LogP contribution in [0, 0.1) is 5.92 Å². The summed E-state index contributed by atoms with van der Waals surface area (Å²) in [6.45, 7) is 2.99. The summed E-state index contributed by atoms with van der Waals surface area (Å²) in [5.74, 6) is 1.41. The molecule has 0 amide bonds. The number of nitrogens with zero attached hydrogens (tertiary/aromatic N) is 2. The van der Waals surface area contributed by atoms with Gasteiger partial charge >= 0.3 is 0 Å². The highest BCUT2D eigenvalue weighted by Crippen LogP contribution is 2.35. The molecule has 2 aliphatic rings. The van der Waals surface area contributed by atoms with E-state index in [1.165, 1.54) is 16.7 Å². The van der Waals surface area contributed by atoms with Crippen LogP contribution in [0.3, 0.4) is 0 Å². The third-order valence-corrected chi connectivity index (χ3v) is 6.38. The second-order valence-corrected chi connectivity index (χ2v) is 8.24. The van der Waals surface area contributed by atoms with Crippen molar-refractivity contribution < 1.29 is 4.74 Å². The number of rotatable bonds is 5. The number of methoxy groups -OCH3 is 1. The third kappa shape index (κ3) is 3.97. The molecule has 3 unspecified atom stereocenters. The molecule has 5 rings (SSSR count). The Morgan fingerprint density at radius 3 is 2.60 bits per heavy atom. The van der Waals surface area contributed by atoms with Gasteiger partial charge in [-0.3, -0.25) is 15.3 Å². The first-order valence-electron chi connectivity index (χ1n) is 10.7. The van der Waals surface area contributed by atoms with E-state index in [1.807, 2.05) is 18.3 Å². The summed E-state index contributed by atoms with van der Waals surface area (Å²) in [5.41, 5.74) is 12.0. The minimum absolute atomic E-state index is 0.320. The number of hydrogen-bond acceptors (Lipinski definition) is 5. The van der Waals surface area contributed by atoms with Crippen LogP contribution in [0.5, 0.6) is 5.75 Å². The van der Waals surface area contributed by atoms with Crippen LogP contribution in [0.15, 0.2) is 72.9 Å². The fraction of sp³-hybridized carbons (Fsp3) is 0.320. The summed E-state index contributed by atoms with van der Waals surface area (Å²) in [6, 6.07) is 24.3. The van der Waals surface area contributed by atoms with Gasteiger partial charge in [-0.25, -0.2) is 5.43 Å². The molecule has 0 aliphatic carbocycles. The van der Waals surface area contributed by atoms with Crippen LogP contribution in [0.1, 0.15) is 23.7 Å². The Morgan fingerprint density at radius 2 is 1.80 bits per heavy atom. The van der Waals surface area contributed by atoms with Crippen LogP contribution in [0.25, 0.3) is 11.1 Å². The highest BCUT2D eigenvalue weighted by molar-refractivity contribution is 5.63. The SMILES string of the molecule is COc1ccnc(CN2CCC3NNC(c4ccc(-c5ccccc5)cc4)C3C2)c1. The van der Waals surface area contributed by atoms with Gasteiger partial charge in [0.1, 0.15) is 5.75 Å². The molecule has 5 nitrogen and oxygen atoms in total. The van der Waals surface area contributed by atoms with Gasteiger partial charge in [0.25, 0.3) is 0 Å². The number of fused-ring (bicyclic) bond motifs is 1. The molecule has 30 heavy (non-hydrogen) atoms. The van der Waals surface area contributed by atoms with Crippen molar-refractivity contribution >= 4 is 0 Å². The highest BCUT2D eigenvalue weighted by Gasteiger charge is 2.40. The topological polar surface area (TPSA) is 49.4 Å². The van der Waals surface area contributed by atoms with Gasteiger partial charge in [-0.2, -0.15) is 0 Å². The van der Waals surface area contributed by atoms with Crippen LogP contribution >= 0.6 is 0 Å². The van der Waals surface area contributed by atoms with Crippen LogP contribution in [0.4, 0.5) is 0 Å². The Labute approximate surface area is 178 Å². The van der Waals surface area contributed by atoms with E-state index < -0.39 is 0 Å². The van der Waals surface area contributed by atoms with Crippen molar-refractivity contribution in [3.8, 4) is 16.9 Å². The predicted molar refractivity (Wildman–Crippen MR) is 119 cm³/mol. The third-order valence-electron chi connectivity index (χ3n) is 6.38. The second kappa shape index (κ2) is 8.56. The molecule has 1 aromatic heterocycles. The number of aromatic nitrogens is 1. The van der Waals surface area contributed by atoms with Crippen molar-refractivity contribution in [1.82, 2.24) is 20.7 Å². The van der Waals surface area contributed by atoms with Gasteiger partial charge in [0, 0.05) is 43.9 Å². The van der Waals surface area contributed by atoms with Crippen molar-refractivity contribution in [1.29, 1.82) is 0 Å². The largest absolute Gasteiger partial charge is 0.497 e. The molecule has 2 fully saturated rings. The lowest BCUT2D eigenvalue weighted by atomic mass is 9.84. The molecule has 2 saturated heterocycles. The smallest absolute Gasteiger partial charge is 0.122 e. The standard InChI is InChI=1S/C25H28N4O/c1-30-22-11-13-26-21(15-22)16-29-14-12-24-23(17-29)25(28-27-24)20-9-7-19(8-10-20)18-5-3-2-4-6-18/h2-11,13,15,23-25,27-28H,12,14,16-17H2,1H3. The molecule has 2 aromatic carbocycles. The van der Waals surface area contributed by atoms with Gasteiger partial charge in [0.15, 0.2) is 0 Å². The van der Waals surface area contributed by atoms with Gasteiger partial charge < -0.3 is 4.74 Å². The zero-order valence-corrected chi connectivity index (χ0v) is 17.3. The summed E-state index contributed by atoms with van der Waals surface area (Å²) >= 11 is 0. The van der Waals surface area contributed by atoms with Crippen molar-refractivity contribution in [3.63, 3.8) is 0 Å². The van der Waals surface area contributed by atoms with E-state index in [2.05, 4.69) is 75.3 Å². The molecule has 3 atom stereocenters. The molecule has 3 aromatic rings. The van der Waals surface area contributed by atoms with E-state index in [-0.39, 0.29) is 0 Å². The molecule has 0 spiro atoms. The molecule has 0 radical (unpaired) electrons. The summed E-state index contributed by atoms with van der Waals surface area (Å²) in [5, 5.41) is 0. The summed E-state index contributed by atoms with van der Waals surface area (Å²) in [6.07, 6.45) is 2.97. The van der Waals surface area contributed by atoms with E-state index in [4.69, 9.17) is 4.74 Å². The normalized spacial score (nSPS) is 23.8. The molecule has 2 aliphatic heterocycles. The number of pyridine rings is 1. The van der Waals surface area contributed by atoms with Crippen LogP contribution in [0.2, 0.25) is 0 Å². The van der Waals surface area contributed by atoms with Gasteiger partial charge in [-0.1, -0.05) is 54.6 Å². The van der Waals surface area contributed by atoms with Crippen molar-refractivity contribution in [2.75, 3.05) is 20.2 Å². The minimum atomic E-state index is 0.320. The number of likely N-dealkylation sites (tertiary alicyclic amines) is 1. The number of ether oxygens (including phenoxy) is 1. The average molecular weight is 401 g/mol. The van der Waals surface area contributed by atoms with Gasteiger partial charge in [-0.15, -0.1) is 0 Å². The quantitative estimate of drug-likeness (QED) is 0.682. The lowest BCUT2D eigenvalue weighted by Crippen LogP contribution is -2.45. The number of hydrogen-bond donors (Lipinski definition) is 2. The van der Waals surface area contributed by atoms with Crippen molar-refractivity contribution in [3.05, 3.63) is 84.2 Å². The van der Waals surface area contributed by atoms with Gasteiger partial charge in [-0.05, 0) is 29.2 Å².